The Bertz CT molecular complexity index is 498. The van der Waals surface area contributed by atoms with Gasteiger partial charge in [-0.1, -0.05) is 15.9 Å². The Morgan fingerprint density at radius 1 is 1.59 bits per heavy atom. The van der Waals surface area contributed by atoms with Crippen LogP contribution < -0.4 is 0 Å². The average molecular weight is 297 g/mol. The van der Waals surface area contributed by atoms with Crippen LogP contribution >= 0.6 is 15.9 Å². The average Bonchev–Trinajstić information content (AvgIpc) is 2.76. The zero-order valence-electron chi connectivity index (χ0n) is 8.99. The molecule has 1 heterocycles. The van der Waals surface area contributed by atoms with E-state index in [1.165, 1.54) is 17.0 Å². The molecule has 0 radical (unpaired) electrons. The topological polar surface area (TPSA) is 44.1 Å². The fourth-order valence-corrected chi connectivity index (χ4v) is 2.29. The van der Waals surface area contributed by atoms with Gasteiger partial charge >= 0.3 is 0 Å². The number of amides is 1. The second-order valence-corrected chi connectivity index (χ2v) is 4.83. The highest BCUT2D eigenvalue weighted by atomic mass is 79.9. The molecule has 0 spiro atoms. The monoisotopic (exact) mass is 296 g/mol. The zero-order valence-corrected chi connectivity index (χ0v) is 10.6. The Balaban J connectivity index is 2.28. The number of hydrogen-bond donors (Lipinski definition) is 0. The van der Waals surface area contributed by atoms with Crippen molar-refractivity contribution in [1.82, 2.24) is 4.90 Å². The van der Waals surface area contributed by atoms with Crippen molar-refractivity contribution in [2.45, 2.75) is 18.9 Å². The summed E-state index contributed by atoms with van der Waals surface area (Å²) in [5.41, 5.74) is 0.0235. The Labute approximate surface area is 107 Å². The van der Waals surface area contributed by atoms with Crippen molar-refractivity contribution in [2.75, 3.05) is 6.54 Å². The Kier molecular flexibility index (Phi) is 3.43. The van der Waals surface area contributed by atoms with Crippen molar-refractivity contribution in [1.29, 1.82) is 5.26 Å². The lowest BCUT2D eigenvalue weighted by Gasteiger charge is -2.19. The van der Waals surface area contributed by atoms with Crippen molar-refractivity contribution in [3.63, 3.8) is 0 Å². The third kappa shape index (κ3) is 2.32. The van der Waals surface area contributed by atoms with Crippen molar-refractivity contribution in [2.24, 2.45) is 0 Å². The summed E-state index contributed by atoms with van der Waals surface area (Å²) in [6.07, 6.45) is 1.46. The van der Waals surface area contributed by atoms with Crippen molar-refractivity contribution < 1.29 is 9.18 Å². The van der Waals surface area contributed by atoms with Gasteiger partial charge in [0.05, 0.1) is 11.6 Å². The molecular weight excluding hydrogens is 287 g/mol. The van der Waals surface area contributed by atoms with Crippen LogP contribution in [0.4, 0.5) is 4.39 Å². The first kappa shape index (κ1) is 12.1. The molecule has 1 amide bonds. The van der Waals surface area contributed by atoms with E-state index in [4.69, 9.17) is 5.26 Å². The van der Waals surface area contributed by atoms with Gasteiger partial charge in [0, 0.05) is 11.0 Å². The van der Waals surface area contributed by atoms with Crippen molar-refractivity contribution in [3.05, 3.63) is 34.1 Å². The van der Waals surface area contributed by atoms with Gasteiger partial charge in [0.15, 0.2) is 0 Å². The molecule has 0 saturated carbocycles. The second kappa shape index (κ2) is 4.84. The minimum atomic E-state index is -0.562. The van der Waals surface area contributed by atoms with E-state index >= 15 is 0 Å². The van der Waals surface area contributed by atoms with Crippen LogP contribution in [0, 0.1) is 17.1 Å². The summed E-state index contributed by atoms with van der Waals surface area (Å²) in [4.78, 5) is 13.5. The van der Waals surface area contributed by atoms with E-state index in [0.717, 1.165) is 6.42 Å². The first-order chi connectivity index (χ1) is 8.13. The molecule has 0 N–H and O–H groups in total. The third-order valence-corrected chi connectivity index (χ3v) is 3.32. The van der Waals surface area contributed by atoms with Crippen LogP contribution in [0.25, 0.3) is 0 Å². The van der Waals surface area contributed by atoms with Gasteiger partial charge in [0.1, 0.15) is 11.9 Å². The lowest BCUT2D eigenvalue weighted by atomic mass is 10.1. The molecule has 0 aromatic heterocycles. The van der Waals surface area contributed by atoms with E-state index in [-0.39, 0.29) is 5.56 Å². The standard InChI is InChI=1S/C12H10BrFN2O/c13-8-3-4-10(11(14)6-8)12(17)16-5-1-2-9(16)7-15/h3-4,6,9H,1-2,5H2. The van der Waals surface area contributed by atoms with E-state index in [1.54, 1.807) is 6.07 Å². The normalized spacial score (nSPS) is 19.1. The number of carbonyl (C=O) groups excluding carboxylic acids is 1. The lowest BCUT2D eigenvalue weighted by molar-refractivity contribution is 0.0760. The van der Waals surface area contributed by atoms with Gasteiger partial charge in [-0.3, -0.25) is 4.79 Å². The number of halogens is 2. The summed E-state index contributed by atoms with van der Waals surface area (Å²) in [6, 6.07) is 5.96. The first-order valence-corrected chi connectivity index (χ1v) is 6.08. The highest BCUT2D eigenvalue weighted by molar-refractivity contribution is 9.10. The molecule has 1 fully saturated rings. The number of nitriles is 1. The Morgan fingerprint density at radius 3 is 3.00 bits per heavy atom. The summed E-state index contributed by atoms with van der Waals surface area (Å²) < 4.78 is 14.2. The number of hydrogen-bond acceptors (Lipinski definition) is 2. The van der Waals surface area contributed by atoms with Gasteiger partial charge in [0.2, 0.25) is 0 Å². The Hall–Kier alpha value is -1.41. The van der Waals surface area contributed by atoms with E-state index in [9.17, 15) is 9.18 Å². The van der Waals surface area contributed by atoms with Gasteiger partial charge in [-0.2, -0.15) is 5.26 Å². The molecule has 1 unspecified atom stereocenters. The zero-order chi connectivity index (χ0) is 12.4. The summed E-state index contributed by atoms with van der Waals surface area (Å²) in [6.45, 7) is 0.520. The summed E-state index contributed by atoms with van der Waals surface area (Å²) in [5, 5.41) is 8.90. The Morgan fingerprint density at radius 2 is 2.35 bits per heavy atom. The van der Waals surface area contributed by atoms with Gasteiger partial charge in [-0.25, -0.2) is 4.39 Å². The van der Waals surface area contributed by atoms with Crippen LogP contribution in [0.1, 0.15) is 23.2 Å². The van der Waals surface area contributed by atoms with Crippen molar-refractivity contribution in [3.8, 4) is 6.07 Å². The van der Waals surface area contributed by atoms with Crippen LogP contribution in [-0.4, -0.2) is 23.4 Å². The van der Waals surface area contributed by atoms with Gasteiger partial charge < -0.3 is 4.90 Å². The van der Waals surface area contributed by atoms with E-state index in [1.807, 2.05) is 0 Å². The van der Waals surface area contributed by atoms with Gasteiger partial charge in [0.25, 0.3) is 5.91 Å². The molecule has 5 heteroatoms. The first-order valence-electron chi connectivity index (χ1n) is 5.29. The molecule has 1 aliphatic heterocycles. The highest BCUT2D eigenvalue weighted by Gasteiger charge is 2.30. The summed E-state index contributed by atoms with van der Waals surface area (Å²) >= 11 is 3.14. The third-order valence-electron chi connectivity index (χ3n) is 2.82. The second-order valence-electron chi connectivity index (χ2n) is 3.91. The molecule has 2 rings (SSSR count). The smallest absolute Gasteiger partial charge is 0.257 e. The van der Waals surface area contributed by atoms with E-state index in [2.05, 4.69) is 22.0 Å². The van der Waals surface area contributed by atoms with Gasteiger partial charge in [-0.15, -0.1) is 0 Å². The van der Waals surface area contributed by atoms with Crippen LogP contribution in [0.2, 0.25) is 0 Å². The predicted octanol–water partition coefficient (Wildman–Crippen LogP) is 2.72. The maximum Gasteiger partial charge on any atom is 0.257 e. The number of rotatable bonds is 1. The molecule has 1 saturated heterocycles. The molecule has 3 nitrogen and oxygen atoms in total. The quantitative estimate of drug-likeness (QED) is 0.800. The van der Waals surface area contributed by atoms with E-state index < -0.39 is 17.8 Å². The molecule has 17 heavy (non-hydrogen) atoms. The SMILES string of the molecule is N#CC1CCCN1C(=O)c1ccc(Br)cc1F. The molecule has 0 aliphatic carbocycles. The maximum atomic E-state index is 13.6. The number of benzene rings is 1. The number of nitrogens with zero attached hydrogens (tertiary/aromatic N) is 2. The molecule has 0 bridgehead atoms. The fourth-order valence-electron chi connectivity index (χ4n) is 1.96. The molecule has 88 valence electrons. The molecule has 1 aromatic carbocycles. The van der Waals surface area contributed by atoms with Crippen molar-refractivity contribution >= 4 is 21.8 Å². The minimum Gasteiger partial charge on any atom is -0.323 e. The maximum absolute atomic E-state index is 13.6. The molecule has 1 aliphatic rings. The number of carbonyl (C=O) groups is 1. The summed E-state index contributed by atoms with van der Waals surface area (Å²) in [7, 11) is 0. The highest BCUT2D eigenvalue weighted by Crippen LogP contribution is 2.22. The summed E-state index contributed by atoms with van der Waals surface area (Å²) in [5.74, 6) is -0.966. The van der Waals surface area contributed by atoms with Crippen LogP contribution in [0.5, 0.6) is 0 Å². The van der Waals surface area contributed by atoms with Crippen LogP contribution in [0.3, 0.4) is 0 Å². The molecule has 1 atom stereocenters. The number of likely N-dealkylation sites (tertiary alicyclic amines) is 1. The lowest BCUT2D eigenvalue weighted by Crippen LogP contribution is -2.35. The van der Waals surface area contributed by atoms with Crippen LogP contribution in [-0.2, 0) is 0 Å². The molecule has 1 aromatic rings. The molecular formula is C12H10BrFN2O. The predicted molar refractivity (Wildman–Crippen MR) is 63.8 cm³/mol. The largest absolute Gasteiger partial charge is 0.323 e. The van der Waals surface area contributed by atoms with E-state index in [0.29, 0.717) is 17.4 Å². The fraction of sp³-hybridized carbons (Fsp3) is 0.333. The minimum absolute atomic E-state index is 0.0235. The van der Waals surface area contributed by atoms with Crippen LogP contribution in [0.15, 0.2) is 22.7 Å². The van der Waals surface area contributed by atoms with Gasteiger partial charge in [-0.05, 0) is 31.0 Å².